The van der Waals surface area contributed by atoms with E-state index in [0.29, 0.717) is 6.04 Å². The van der Waals surface area contributed by atoms with Gasteiger partial charge < -0.3 is 24.3 Å². The number of nitrogens with one attached hydrogen (secondary N) is 1. The number of rotatable bonds is 8. The van der Waals surface area contributed by atoms with Crippen LogP contribution in [0.2, 0.25) is 0 Å². The largest absolute Gasteiger partial charge is 0.493 e. The summed E-state index contributed by atoms with van der Waals surface area (Å²) in [5.41, 5.74) is 2.04. The Bertz CT molecular complexity index is 819. The number of amides is 1. The van der Waals surface area contributed by atoms with Crippen molar-refractivity contribution < 1.29 is 14.3 Å². The molecule has 3 rings (SSSR count). The van der Waals surface area contributed by atoms with Crippen LogP contribution >= 0.6 is 0 Å². The fourth-order valence-electron chi connectivity index (χ4n) is 3.66. The molecule has 1 aromatic carbocycles. The van der Waals surface area contributed by atoms with E-state index in [0.717, 1.165) is 56.1 Å². The molecule has 2 heterocycles. The Kier molecular flexibility index (Phi) is 7.30. The number of aromatic nitrogens is 2. The molecule has 7 heteroatoms. The number of nitrogens with zero attached hydrogens (tertiary/aromatic N) is 3. The molecule has 1 amide bonds. The Morgan fingerprint density at radius 3 is 2.90 bits per heavy atom. The monoisotopic (exact) mass is 398 g/mol. The molecule has 29 heavy (non-hydrogen) atoms. The van der Waals surface area contributed by atoms with Gasteiger partial charge in [0.1, 0.15) is 0 Å². The summed E-state index contributed by atoms with van der Waals surface area (Å²) in [5.74, 6) is 1.55. The first-order chi connectivity index (χ1) is 14.1. The normalized spacial score (nSPS) is 17.1. The van der Waals surface area contributed by atoms with Crippen molar-refractivity contribution in [1.82, 2.24) is 19.8 Å². The molecule has 1 atom stereocenters. The molecular formula is C22H30N4O3. The van der Waals surface area contributed by atoms with Crippen molar-refractivity contribution in [1.29, 1.82) is 0 Å². The van der Waals surface area contributed by atoms with E-state index in [1.807, 2.05) is 17.0 Å². The summed E-state index contributed by atoms with van der Waals surface area (Å²) in [4.78, 5) is 23.8. The molecule has 0 saturated carbocycles. The highest BCUT2D eigenvalue weighted by Crippen LogP contribution is 2.28. The van der Waals surface area contributed by atoms with Crippen LogP contribution in [-0.4, -0.2) is 72.6 Å². The zero-order chi connectivity index (χ0) is 20.6. The highest BCUT2D eigenvalue weighted by atomic mass is 16.5. The summed E-state index contributed by atoms with van der Waals surface area (Å²) in [6, 6.07) is 6.42. The summed E-state index contributed by atoms with van der Waals surface area (Å²) in [7, 11) is 5.44. The molecule has 1 N–H and O–H groups in total. The Balaban J connectivity index is 1.52. The predicted molar refractivity (Wildman–Crippen MR) is 113 cm³/mol. The first kappa shape index (κ1) is 20.9. The van der Waals surface area contributed by atoms with Gasteiger partial charge >= 0.3 is 0 Å². The fraction of sp³-hybridized carbons (Fsp3) is 0.455. The number of likely N-dealkylation sites (N-methyl/N-ethyl adjacent to an activating group) is 1. The molecule has 156 valence electrons. The van der Waals surface area contributed by atoms with E-state index in [1.165, 1.54) is 5.56 Å². The van der Waals surface area contributed by atoms with Crippen molar-refractivity contribution in [2.45, 2.75) is 25.3 Å². The van der Waals surface area contributed by atoms with E-state index in [2.05, 4.69) is 28.0 Å². The van der Waals surface area contributed by atoms with E-state index >= 15 is 0 Å². The number of hydrogen-bond acceptors (Lipinski definition) is 5. The number of ether oxygens (including phenoxy) is 2. The Labute approximate surface area is 172 Å². The average Bonchev–Trinajstić information content (AvgIpc) is 3.29. The third-order valence-electron chi connectivity index (χ3n) is 5.46. The van der Waals surface area contributed by atoms with Crippen LogP contribution in [-0.2, 0) is 11.2 Å². The third kappa shape index (κ3) is 5.60. The van der Waals surface area contributed by atoms with E-state index in [4.69, 9.17) is 9.47 Å². The van der Waals surface area contributed by atoms with Gasteiger partial charge in [0.2, 0.25) is 5.91 Å². The number of benzene rings is 1. The van der Waals surface area contributed by atoms with E-state index in [1.54, 1.807) is 38.9 Å². The minimum absolute atomic E-state index is 0.0533. The zero-order valence-electron chi connectivity index (χ0n) is 17.4. The second kappa shape index (κ2) is 10.1. The lowest BCUT2D eigenvalue weighted by Gasteiger charge is -2.37. The number of carbonyl (C=O) groups excluding carboxylic acids is 1. The number of imidazole rings is 1. The summed E-state index contributed by atoms with van der Waals surface area (Å²) in [6.45, 7) is 2.49. The van der Waals surface area contributed by atoms with Gasteiger partial charge in [-0.25, -0.2) is 4.98 Å². The van der Waals surface area contributed by atoms with Crippen LogP contribution in [0.1, 0.15) is 24.1 Å². The van der Waals surface area contributed by atoms with E-state index in [-0.39, 0.29) is 5.91 Å². The van der Waals surface area contributed by atoms with Gasteiger partial charge in [-0.1, -0.05) is 6.07 Å². The molecule has 2 aromatic rings. The fourth-order valence-corrected chi connectivity index (χ4v) is 3.66. The molecule has 1 aromatic heterocycles. The maximum atomic E-state index is 12.5. The first-order valence-electron chi connectivity index (χ1n) is 9.97. The van der Waals surface area contributed by atoms with Crippen molar-refractivity contribution >= 4 is 12.0 Å². The maximum Gasteiger partial charge on any atom is 0.246 e. The van der Waals surface area contributed by atoms with Gasteiger partial charge in [-0.05, 0) is 50.1 Å². The van der Waals surface area contributed by atoms with Gasteiger partial charge in [0.25, 0.3) is 0 Å². The molecule has 1 fully saturated rings. The van der Waals surface area contributed by atoms with Gasteiger partial charge in [-0.15, -0.1) is 0 Å². The molecule has 1 aliphatic heterocycles. The highest BCUT2D eigenvalue weighted by Gasteiger charge is 2.25. The van der Waals surface area contributed by atoms with Crippen molar-refractivity contribution in [2.75, 3.05) is 40.9 Å². The van der Waals surface area contributed by atoms with Crippen LogP contribution in [0.15, 0.2) is 36.8 Å². The third-order valence-corrected chi connectivity index (χ3v) is 5.46. The van der Waals surface area contributed by atoms with Crippen LogP contribution in [0.3, 0.4) is 0 Å². The van der Waals surface area contributed by atoms with Crippen molar-refractivity contribution in [2.24, 2.45) is 0 Å². The SMILES string of the molecule is COc1ccc(CCN(C)[C@@H]2CCCN(C(=O)/C=C/c3cnc[nH]3)C2)cc1OC. The lowest BCUT2D eigenvalue weighted by Crippen LogP contribution is -2.48. The topological polar surface area (TPSA) is 70.7 Å². The van der Waals surface area contributed by atoms with Gasteiger partial charge in [0.15, 0.2) is 11.5 Å². The van der Waals surface area contributed by atoms with Crippen LogP contribution in [0.5, 0.6) is 11.5 Å². The van der Waals surface area contributed by atoms with E-state index < -0.39 is 0 Å². The number of likely N-dealkylation sites (tertiary alicyclic amines) is 1. The van der Waals surface area contributed by atoms with Crippen molar-refractivity contribution in [3.05, 3.63) is 48.1 Å². The van der Waals surface area contributed by atoms with Gasteiger partial charge in [0, 0.05) is 31.8 Å². The van der Waals surface area contributed by atoms with Crippen LogP contribution in [0.25, 0.3) is 6.08 Å². The summed E-state index contributed by atoms with van der Waals surface area (Å²) < 4.78 is 10.7. The predicted octanol–water partition coefficient (Wildman–Crippen LogP) is 2.61. The lowest BCUT2D eigenvalue weighted by molar-refractivity contribution is -0.127. The molecule has 1 aliphatic rings. The Morgan fingerprint density at radius 1 is 1.34 bits per heavy atom. The van der Waals surface area contributed by atoms with Crippen LogP contribution in [0.4, 0.5) is 0 Å². The molecular weight excluding hydrogens is 368 g/mol. The number of piperidine rings is 1. The molecule has 0 spiro atoms. The van der Waals surface area contributed by atoms with Crippen molar-refractivity contribution in [3.63, 3.8) is 0 Å². The number of aromatic amines is 1. The number of methoxy groups -OCH3 is 2. The lowest BCUT2D eigenvalue weighted by atomic mass is 10.0. The van der Waals surface area contributed by atoms with Crippen LogP contribution in [0, 0.1) is 0 Å². The summed E-state index contributed by atoms with van der Waals surface area (Å²) >= 11 is 0. The Hall–Kier alpha value is -2.80. The van der Waals surface area contributed by atoms with Crippen molar-refractivity contribution in [3.8, 4) is 11.5 Å². The molecule has 0 bridgehead atoms. The quantitative estimate of drug-likeness (QED) is 0.692. The number of H-pyrrole nitrogens is 1. The van der Waals surface area contributed by atoms with Crippen LogP contribution < -0.4 is 9.47 Å². The smallest absolute Gasteiger partial charge is 0.246 e. The standard InChI is InChI=1S/C22H30N4O3/c1-25(12-10-17-6-8-20(28-2)21(13-17)29-3)19-5-4-11-26(15-19)22(27)9-7-18-14-23-16-24-18/h6-9,13-14,16,19H,4-5,10-12,15H2,1-3H3,(H,23,24)/b9-7+/t19-/m1/s1. The molecule has 0 aliphatic carbocycles. The summed E-state index contributed by atoms with van der Waals surface area (Å²) in [5, 5.41) is 0. The van der Waals surface area contributed by atoms with Gasteiger partial charge in [0.05, 0.1) is 32.4 Å². The highest BCUT2D eigenvalue weighted by molar-refractivity contribution is 5.91. The number of carbonyl (C=O) groups is 1. The Morgan fingerprint density at radius 2 is 2.17 bits per heavy atom. The van der Waals surface area contributed by atoms with Gasteiger partial charge in [-0.3, -0.25) is 4.79 Å². The maximum absolute atomic E-state index is 12.5. The minimum Gasteiger partial charge on any atom is -0.493 e. The minimum atomic E-state index is 0.0533. The van der Waals surface area contributed by atoms with Gasteiger partial charge in [-0.2, -0.15) is 0 Å². The molecule has 0 unspecified atom stereocenters. The second-order valence-corrected chi connectivity index (χ2v) is 7.34. The first-order valence-corrected chi connectivity index (χ1v) is 9.97. The number of hydrogen-bond donors (Lipinski definition) is 1. The zero-order valence-corrected chi connectivity index (χ0v) is 17.4. The average molecular weight is 399 g/mol. The molecule has 0 radical (unpaired) electrons. The van der Waals surface area contributed by atoms with E-state index in [9.17, 15) is 4.79 Å². The summed E-state index contributed by atoms with van der Waals surface area (Å²) in [6.07, 6.45) is 9.75. The molecule has 7 nitrogen and oxygen atoms in total. The molecule has 1 saturated heterocycles. The second-order valence-electron chi connectivity index (χ2n) is 7.34.